The van der Waals surface area contributed by atoms with E-state index in [2.05, 4.69) is 9.46 Å². The Hall–Kier alpha value is -0.860. The number of rotatable bonds is 5. The highest BCUT2D eigenvalue weighted by molar-refractivity contribution is 7.88. The van der Waals surface area contributed by atoms with E-state index in [1.807, 2.05) is 0 Å². The van der Waals surface area contributed by atoms with Crippen LogP contribution < -0.4 is 15.2 Å². The van der Waals surface area contributed by atoms with Crippen molar-refractivity contribution >= 4 is 16.3 Å². The van der Waals surface area contributed by atoms with E-state index in [1.165, 1.54) is 0 Å². The molecule has 1 saturated carbocycles. The normalized spacial score (nSPS) is 24.6. The van der Waals surface area contributed by atoms with Gasteiger partial charge in [0.15, 0.2) is 0 Å². The van der Waals surface area contributed by atoms with Crippen molar-refractivity contribution in [3.8, 4) is 0 Å². The molecule has 0 aliphatic heterocycles. The van der Waals surface area contributed by atoms with Gasteiger partial charge in [-0.05, 0) is 32.1 Å². The van der Waals surface area contributed by atoms with Crippen LogP contribution in [-0.4, -0.2) is 33.7 Å². The van der Waals surface area contributed by atoms with Crippen molar-refractivity contribution < 1.29 is 17.9 Å². The molecule has 8 heteroatoms. The molecule has 1 aliphatic rings. The average molecular weight is 279 g/mol. The summed E-state index contributed by atoms with van der Waals surface area (Å²) in [6, 6.07) is 0.145. The second-order valence-electron chi connectivity index (χ2n) is 4.47. The number of amides is 1. The summed E-state index contributed by atoms with van der Waals surface area (Å²) >= 11 is 0. The van der Waals surface area contributed by atoms with E-state index in [9.17, 15) is 13.2 Å². The van der Waals surface area contributed by atoms with Gasteiger partial charge in [-0.1, -0.05) is 6.42 Å². The van der Waals surface area contributed by atoms with Gasteiger partial charge >= 0.3 is 16.3 Å². The SMILES string of the molecule is CCOC(=O)NS(=O)(=O)NCC1CCCC(N)C1. The Morgan fingerprint density at radius 3 is 2.78 bits per heavy atom. The molecule has 0 bridgehead atoms. The molecule has 1 amide bonds. The van der Waals surface area contributed by atoms with Gasteiger partial charge in [-0.25, -0.2) is 9.52 Å². The summed E-state index contributed by atoms with van der Waals surface area (Å²) in [7, 11) is -3.84. The molecule has 0 radical (unpaired) electrons. The molecule has 1 rings (SSSR count). The molecule has 18 heavy (non-hydrogen) atoms. The van der Waals surface area contributed by atoms with Crippen molar-refractivity contribution in [3.05, 3.63) is 0 Å². The maximum atomic E-state index is 11.5. The van der Waals surface area contributed by atoms with Gasteiger partial charge in [-0.3, -0.25) is 0 Å². The van der Waals surface area contributed by atoms with Crippen molar-refractivity contribution in [1.82, 2.24) is 9.44 Å². The van der Waals surface area contributed by atoms with Gasteiger partial charge in [0.25, 0.3) is 0 Å². The van der Waals surface area contributed by atoms with E-state index in [4.69, 9.17) is 5.73 Å². The maximum absolute atomic E-state index is 11.5. The smallest absolute Gasteiger partial charge is 0.421 e. The second kappa shape index (κ2) is 6.91. The summed E-state index contributed by atoms with van der Waals surface area (Å²) in [5.74, 6) is 0.229. The van der Waals surface area contributed by atoms with Gasteiger partial charge in [0.2, 0.25) is 0 Å². The average Bonchev–Trinajstić information content (AvgIpc) is 2.26. The lowest BCUT2D eigenvalue weighted by atomic mass is 9.86. The summed E-state index contributed by atoms with van der Waals surface area (Å²) in [6.07, 6.45) is 2.80. The molecule has 0 aromatic heterocycles. The number of nitrogens with two attached hydrogens (primary N) is 1. The first-order valence-electron chi connectivity index (χ1n) is 6.12. The Morgan fingerprint density at radius 1 is 1.44 bits per heavy atom. The van der Waals surface area contributed by atoms with Crippen LogP contribution in [0.5, 0.6) is 0 Å². The Balaban J connectivity index is 2.34. The lowest BCUT2D eigenvalue weighted by molar-refractivity contribution is 0.158. The molecule has 106 valence electrons. The standard InChI is InChI=1S/C10H21N3O4S/c1-2-17-10(14)13-18(15,16)12-7-8-4-3-5-9(11)6-8/h8-9,12H,2-7,11H2,1H3,(H,13,14). The Morgan fingerprint density at radius 2 is 2.17 bits per heavy atom. The third-order valence-electron chi connectivity index (χ3n) is 2.88. The predicted molar refractivity (Wildman–Crippen MR) is 67.0 cm³/mol. The van der Waals surface area contributed by atoms with Crippen LogP contribution in [0.25, 0.3) is 0 Å². The summed E-state index contributed by atoms with van der Waals surface area (Å²) in [5.41, 5.74) is 5.82. The van der Waals surface area contributed by atoms with Gasteiger partial charge in [0, 0.05) is 12.6 Å². The van der Waals surface area contributed by atoms with Crippen LogP contribution >= 0.6 is 0 Å². The van der Waals surface area contributed by atoms with Crippen molar-refractivity contribution in [1.29, 1.82) is 0 Å². The molecule has 0 spiro atoms. The number of carbonyl (C=O) groups is 1. The fourth-order valence-electron chi connectivity index (χ4n) is 2.05. The molecule has 0 heterocycles. The first-order chi connectivity index (χ1) is 8.43. The molecule has 4 N–H and O–H groups in total. The van der Waals surface area contributed by atoms with Gasteiger partial charge in [0.05, 0.1) is 6.61 Å². The summed E-state index contributed by atoms with van der Waals surface area (Å²) in [6.45, 7) is 2.02. The Kier molecular flexibility index (Phi) is 5.83. The number of carbonyl (C=O) groups excluding carboxylic acids is 1. The molecule has 0 aromatic carbocycles. The van der Waals surface area contributed by atoms with Crippen LogP contribution in [0.4, 0.5) is 4.79 Å². The number of nitrogens with one attached hydrogen (secondary N) is 2. The molecule has 0 saturated heterocycles. The van der Waals surface area contributed by atoms with Crippen LogP contribution in [0.2, 0.25) is 0 Å². The van der Waals surface area contributed by atoms with E-state index in [0.29, 0.717) is 6.54 Å². The van der Waals surface area contributed by atoms with Crippen LogP contribution in [-0.2, 0) is 14.9 Å². The van der Waals surface area contributed by atoms with Crippen molar-refractivity contribution in [3.63, 3.8) is 0 Å². The number of ether oxygens (including phenoxy) is 1. The van der Waals surface area contributed by atoms with Gasteiger partial charge in [-0.15, -0.1) is 0 Å². The minimum Gasteiger partial charge on any atom is -0.449 e. The molecule has 2 unspecified atom stereocenters. The summed E-state index contributed by atoms with van der Waals surface area (Å²) in [4.78, 5) is 11.0. The van der Waals surface area contributed by atoms with E-state index in [1.54, 1.807) is 11.6 Å². The lowest BCUT2D eigenvalue weighted by Crippen LogP contribution is -2.43. The number of hydrogen-bond donors (Lipinski definition) is 3. The Labute approximate surface area is 108 Å². The van der Waals surface area contributed by atoms with Crippen molar-refractivity contribution in [2.24, 2.45) is 11.7 Å². The first-order valence-corrected chi connectivity index (χ1v) is 7.61. The highest BCUT2D eigenvalue weighted by Gasteiger charge is 2.22. The fourth-order valence-corrected chi connectivity index (χ4v) is 2.86. The van der Waals surface area contributed by atoms with Gasteiger partial charge in [0.1, 0.15) is 0 Å². The molecule has 1 fully saturated rings. The van der Waals surface area contributed by atoms with Crippen LogP contribution in [0, 0.1) is 5.92 Å². The first kappa shape index (κ1) is 15.2. The van der Waals surface area contributed by atoms with E-state index >= 15 is 0 Å². The monoisotopic (exact) mass is 279 g/mol. The molecule has 0 aromatic rings. The van der Waals surface area contributed by atoms with Gasteiger partial charge in [-0.2, -0.15) is 13.1 Å². The predicted octanol–water partition coefficient (Wildman–Crippen LogP) is 0.0844. The van der Waals surface area contributed by atoms with Crippen molar-refractivity contribution in [2.45, 2.75) is 38.6 Å². The molecule has 2 atom stereocenters. The summed E-state index contributed by atoms with van der Waals surface area (Å²) < 4.78 is 31.6. The Bertz CT molecular complexity index is 371. The zero-order valence-electron chi connectivity index (χ0n) is 10.5. The van der Waals surface area contributed by atoms with Crippen molar-refractivity contribution in [2.75, 3.05) is 13.2 Å². The van der Waals surface area contributed by atoms with Crippen LogP contribution in [0.3, 0.4) is 0 Å². The minimum absolute atomic E-state index is 0.124. The van der Waals surface area contributed by atoms with E-state index in [-0.39, 0.29) is 18.6 Å². The van der Waals surface area contributed by atoms with E-state index < -0.39 is 16.3 Å². The van der Waals surface area contributed by atoms with E-state index in [0.717, 1.165) is 25.7 Å². The molecule has 1 aliphatic carbocycles. The zero-order valence-corrected chi connectivity index (χ0v) is 11.3. The largest absolute Gasteiger partial charge is 0.449 e. The molecule has 7 nitrogen and oxygen atoms in total. The highest BCUT2D eigenvalue weighted by atomic mass is 32.2. The van der Waals surface area contributed by atoms with Gasteiger partial charge < -0.3 is 10.5 Å². The number of hydrogen-bond acceptors (Lipinski definition) is 5. The summed E-state index contributed by atoms with van der Waals surface area (Å²) in [5, 5.41) is 0. The topological polar surface area (TPSA) is 111 Å². The molecular weight excluding hydrogens is 258 g/mol. The minimum atomic E-state index is -3.84. The quantitative estimate of drug-likeness (QED) is 0.660. The maximum Gasteiger partial charge on any atom is 0.421 e. The zero-order chi connectivity index (χ0) is 13.6. The van der Waals surface area contributed by atoms with Crippen LogP contribution in [0.15, 0.2) is 0 Å². The second-order valence-corrected chi connectivity index (χ2v) is 5.97. The fraction of sp³-hybridized carbons (Fsp3) is 0.900. The third-order valence-corrected chi connectivity index (χ3v) is 3.86. The van der Waals surface area contributed by atoms with Crippen LogP contribution in [0.1, 0.15) is 32.6 Å². The molecular formula is C10H21N3O4S. The lowest BCUT2D eigenvalue weighted by Gasteiger charge is -2.26. The highest BCUT2D eigenvalue weighted by Crippen LogP contribution is 2.22. The third kappa shape index (κ3) is 5.65.